The molecular formula is C12H26N2O2. The Kier molecular flexibility index (Phi) is 6.96. The van der Waals surface area contributed by atoms with Crippen LogP contribution < -0.4 is 0 Å². The van der Waals surface area contributed by atoms with Crippen molar-refractivity contribution in [3.05, 3.63) is 0 Å². The van der Waals surface area contributed by atoms with Crippen molar-refractivity contribution in [2.75, 3.05) is 59.6 Å². The topological polar surface area (TPSA) is 24.9 Å². The maximum atomic E-state index is 5.56. The van der Waals surface area contributed by atoms with Gasteiger partial charge in [-0.15, -0.1) is 0 Å². The molecule has 0 amide bonds. The standard InChI is InChI=1S/C12H26N2O2/c1-12(2)16-11-9-14-6-4-13(5-7-14)8-10-15-3/h12H,4-11H2,1-3H3. The highest BCUT2D eigenvalue weighted by Crippen LogP contribution is 2.01. The first-order valence-corrected chi connectivity index (χ1v) is 6.27. The van der Waals surface area contributed by atoms with Crippen LogP contribution in [0.2, 0.25) is 0 Å². The molecule has 4 nitrogen and oxygen atoms in total. The predicted molar refractivity (Wildman–Crippen MR) is 65.8 cm³/mol. The number of rotatable bonds is 7. The van der Waals surface area contributed by atoms with E-state index in [0.29, 0.717) is 6.10 Å². The maximum absolute atomic E-state index is 5.56. The molecule has 0 aromatic rings. The van der Waals surface area contributed by atoms with Gasteiger partial charge in [-0.2, -0.15) is 0 Å². The maximum Gasteiger partial charge on any atom is 0.0596 e. The first-order chi connectivity index (χ1) is 7.72. The van der Waals surface area contributed by atoms with Gasteiger partial charge in [0.15, 0.2) is 0 Å². The van der Waals surface area contributed by atoms with Crippen molar-refractivity contribution >= 4 is 0 Å². The normalized spacial score (nSPS) is 19.5. The molecule has 1 aliphatic heterocycles. The molecule has 16 heavy (non-hydrogen) atoms. The SMILES string of the molecule is COCCN1CCN(CCOC(C)C)CC1. The number of methoxy groups -OCH3 is 1. The second-order valence-corrected chi connectivity index (χ2v) is 4.60. The molecular weight excluding hydrogens is 204 g/mol. The molecule has 4 heteroatoms. The molecule has 1 heterocycles. The van der Waals surface area contributed by atoms with Crippen molar-refractivity contribution in [3.63, 3.8) is 0 Å². The Hall–Kier alpha value is -0.160. The molecule has 0 N–H and O–H groups in total. The summed E-state index contributed by atoms with van der Waals surface area (Å²) in [5, 5.41) is 0. The van der Waals surface area contributed by atoms with E-state index in [1.54, 1.807) is 7.11 Å². The van der Waals surface area contributed by atoms with E-state index in [9.17, 15) is 0 Å². The molecule has 0 saturated carbocycles. The average Bonchev–Trinajstić information content (AvgIpc) is 2.27. The van der Waals surface area contributed by atoms with Gasteiger partial charge in [-0.3, -0.25) is 9.80 Å². The number of ether oxygens (including phenoxy) is 2. The van der Waals surface area contributed by atoms with E-state index in [2.05, 4.69) is 23.6 Å². The van der Waals surface area contributed by atoms with Crippen LogP contribution in [0.25, 0.3) is 0 Å². The lowest BCUT2D eigenvalue weighted by molar-refractivity contribution is 0.0407. The second-order valence-electron chi connectivity index (χ2n) is 4.60. The van der Waals surface area contributed by atoms with Crippen molar-refractivity contribution < 1.29 is 9.47 Å². The van der Waals surface area contributed by atoms with E-state index in [1.165, 1.54) is 0 Å². The zero-order valence-corrected chi connectivity index (χ0v) is 10.9. The monoisotopic (exact) mass is 230 g/mol. The number of hydrogen-bond donors (Lipinski definition) is 0. The Morgan fingerprint density at radius 3 is 1.88 bits per heavy atom. The van der Waals surface area contributed by atoms with Gasteiger partial charge in [0, 0.05) is 46.4 Å². The molecule has 0 aromatic heterocycles. The fourth-order valence-electron chi connectivity index (χ4n) is 1.87. The van der Waals surface area contributed by atoms with E-state index < -0.39 is 0 Å². The summed E-state index contributed by atoms with van der Waals surface area (Å²) in [6.07, 6.45) is 0.350. The molecule has 0 radical (unpaired) electrons. The Balaban J connectivity index is 2.03. The van der Waals surface area contributed by atoms with Gasteiger partial charge in [-0.1, -0.05) is 0 Å². The zero-order chi connectivity index (χ0) is 11.8. The highest BCUT2D eigenvalue weighted by molar-refractivity contribution is 4.71. The van der Waals surface area contributed by atoms with E-state index in [0.717, 1.165) is 52.5 Å². The van der Waals surface area contributed by atoms with Gasteiger partial charge in [0.1, 0.15) is 0 Å². The summed E-state index contributed by atoms with van der Waals surface area (Å²) in [7, 11) is 1.76. The summed E-state index contributed by atoms with van der Waals surface area (Å²) in [6.45, 7) is 12.6. The number of piperazine rings is 1. The number of hydrogen-bond acceptors (Lipinski definition) is 4. The molecule has 1 rings (SSSR count). The first-order valence-electron chi connectivity index (χ1n) is 6.27. The van der Waals surface area contributed by atoms with Crippen LogP contribution in [0.5, 0.6) is 0 Å². The molecule has 0 unspecified atom stereocenters. The summed E-state index contributed by atoms with van der Waals surface area (Å²) in [5.74, 6) is 0. The van der Waals surface area contributed by atoms with Gasteiger partial charge in [-0.25, -0.2) is 0 Å². The Bertz CT molecular complexity index is 168. The Morgan fingerprint density at radius 2 is 1.44 bits per heavy atom. The van der Waals surface area contributed by atoms with Gasteiger partial charge in [0.25, 0.3) is 0 Å². The van der Waals surface area contributed by atoms with Crippen molar-refractivity contribution in [1.29, 1.82) is 0 Å². The Morgan fingerprint density at radius 1 is 0.938 bits per heavy atom. The van der Waals surface area contributed by atoms with Crippen molar-refractivity contribution in [2.45, 2.75) is 20.0 Å². The third-order valence-electron chi connectivity index (χ3n) is 2.94. The van der Waals surface area contributed by atoms with Crippen LogP contribution in [0.3, 0.4) is 0 Å². The lowest BCUT2D eigenvalue weighted by atomic mass is 10.3. The smallest absolute Gasteiger partial charge is 0.0596 e. The molecule has 0 aromatic carbocycles. The molecule has 0 spiro atoms. The molecule has 1 saturated heterocycles. The molecule has 0 atom stereocenters. The van der Waals surface area contributed by atoms with Gasteiger partial charge in [0.05, 0.1) is 19.3 Å². The van der Waals surface area contributed by atoms with Crippen LogP contribution in [0.4, 0.5) is 0 Å². The summed E-state index contributed by atoms with van der Waals surface area (Å²) in [4.78, 5) is 4.94. The Labute approximate surface area is 99.5 Å². The number of nitrogens with zero attached hydrogens (tertiary/aromatic N) is 2. The highest BCUT2D eigenvalue weighted by atomic mass is 16.5. The lowest BCUT2D eigenvalue weighted by Crippen LogP contribution is -2.48. The minimum Gasteiger partial charge on any atom is -0.383 e. The van der Waals surface area contributed by atoms with Crippen LogP contribution in [-0.2, 0) is 9.47 Å². The van der Waals surface area contributed by atoms with Crippen LogP contribution in [0, 0.1) is 0 Å². The molecule has 96 valence electrons. The fourth-order valence-corrected chi connectivity index (χ4v) is 1.87. The molecule has 0 bridgehead atoms. The van der Waals surface area contributed by atoms with E-state index >= 15 is 0 Å². The lowest BCUT2D eigenvalue weighted by Gasteiger charge is -2.34. The van der Waals surface area contributed by atoms with E-state index in [-0.39, 0.29) is 0 Å². The average molecular weight is 230 g/mol. The second kappa shape index (κ2) is 8.01. The van der Waals surface area contributed by atoms with Crippen LogP contribution in [0.1, 0.15) is 13.8 Å². The fraction of sp³-hybridized carbons (Fsp3) is 1.00. The van der Waals surface area contributed by atoms with Crippen LogP contribution in [0.15, 0.2) is 0 Å². The van der Waals surface area contributed by atoms with Crippen LogP contribution >= 0.6 is 0 Å². The van der Waals surface area contributed by atoms with Crippen molar-refractivity contribution in [3.8, 4) is 0 Å². The predicted octanol–water partition coefficient (Wildman–Crippen LogP) is 0.675. The molecule has 1 fully saturated rings. The minimum atomic E-state index is 0.350. The third-order valence-corrected chi connectivity index (χ3v) is 2.94. The van der Waals surface area contributed by atoms with E-state index in [1.807, 2.05) is 0 Å². The first kappa shape index (κ1) is 13.9. The quantitative estimate of drug-likeness (QED) is 0.642. The van der Waals surface area contributed by atoms with Crippen molar-refractivity contribution in [1.82, 2.24) is 9.80 Å². The molecule has 0 aliphatic carbocycles. The summed E-state index contributed by atoms with van der Waals surface area (Å²) in [6, 6.07) is 0. The third kappa shape index (κ3) is 5.80. The van der Waals surface area contributed by atoms with Gasteiger partial charge in [-0.05, 0) is 13.8 Å². The highest BCUT2D eigenvalue weighted by Gasteiger charge is 2.15. The minimum absolute atomic E-state index is 0.350. The zero-order valence-electron chi connectivity index (χ0n) is 10.9. The summed E-state index contributed by atoms with van der Waals surface area (Å²) >= 11 is 0. The largest absolute Gasteiger partial charge is 0.383 e. The van der Waals surface area contributed by atoms with Gasteiger partial charge in [0.2, 0.25) is 0 Å². The van der Waals surface area contributed by atoms with E-state index in [4.69, 9.17) is 9.47 Å². The molecule has 1 aliphatic rings. The van der Waals surface area contributed by atoms with Crippen LogP contribution in [-0.4, -0.2) is 75.5 Å². The summed E-state index contributed by atoms with van der Waals surface area (Å²) < 4.78 is 10.6. The van der Waals surface area contributed by atoms with Gasteiger partial charge >= 0.3 is 0 Å². The van der Waals surface area contributed by atoms with Gasteiger partial charge < -0.3 is 9.47 Å². The van der Waals surface area contributed by atoms with Crippen molar-refractivity contribution in [2.24, 2.45) is 0 Å². The summed E-state index contributed by atoms with van der Waals surface area (Å²) in [5.41, 5.74) is 0.